The van der Waals surface area contributed by atoms with E-state index in [0.29, 0.717) is 19.3 Å². The van der Waals surface area contributed by atoms with Crippen LogP contribution in [0.25, 0.3) is 0 Å². The van der Waals surface area contributed by atoms with Crippen LogP contribution < -0.4 is 0 Å². The summed E-state index contributed by atoms with van der Waals surface area (Å²) in [5.74, 6) is -0.958. The normalized spacial score (nSPS) is 12.9. The van der Waals surface area contributed by atoms with Crippen molar-refractivity contribution in [2.24, 2.45) is 0 Å². The molecule has 0 bridgehead atoms. The van der Waals surface area contributed by atoms with Crippen LogP contribution in [0.15, 0.2) is 97.2 Å². The number of hydrogen-bond acceptors (Lipinski definition) is 6. The maximum absolute atomic E-state index is 12.8. The number of unbranched alkanes of at least 4 members (excludes halogenated alkanes) is 19. The van der Waals surface area contributed by atoms with E-state index < -0.39 is 6.10 Å². The third-order valence-corrected chi connectivity index (χ3v) is 10.8. The van der Waals surface area contributed by atoms with Gasteiger partial charge in [-0.1, -0.05) is 189 Å². The average molecular weight is 889 g/mol. The second-order valence-corrected chi connectivity index (χ2v) is 17.0. The molecule has 0 radical (unpaired) electrons. The minimum absolute atomic E-state index is 0.0993. The average Bonchev–Trinajstić information content (AvgIpc) is 3.29. The molecule has 0 saturated heterocycles. The molecule has 0 aromatic heterocycles. The lowest BCUT2D eigenvalue weighted by molar-refractivity contribution is -0.167. The molecule has 0 amide bonds. The van der Waals surface area contributed by atoms with E-state index in [1.54, 1.807) is 0 Å². The summed E-state index contributed by atoms with van der Waals surface area (Å²) in [5.41, 5.74) is 0. The number of allylic oxidation sites excluding steroid dienone is 16. The predicted molar refractivity (Wildman–Crippen MR) is 274 cm³/mol. The summed E-state index contributed by atoms with van der Waals surface area (Å²) in [5, 5.41) is 0. The van der Waals surface area contributed by atoms with Crippen molar-refractivity contribution >= 4 is 17.9 Å². The second kappa shape index (κ2) is 52.0. The minimum Gasteiger partial charge on any atom is -0.462 e. The summed E-state index contributed by atoms with van der Waals surface area (Å²) in [6, 6.07) is 0. The van der Waals surface area contributed by atoms with Crippen LogP contribution in [0.2, 0.25) is 0 Å². The van der Waals surface area contributed by atoms with Gasteiger partial charge in [0.1, 0.15) is 13.2 Å². The highest BCUT2D eigenvalue weighted by atomic mass is 16.6. The Bertz CT molecular complexity index is 1300. The van der Waals surface area contributed by atoms with Gasteiger partial charge < -0.3 is 14.2 Å². The molecule has 64 heavy (non-hydrogen) atoms. The molecule has 0 aromatic rings. The van der Waals surface area contributed by atoms with Crippen LogP contribution in [0.1, 0.15) is 233 Å². The van der Waals surface area contributed by atoms with Gasteiger partial charge in [-0.25, -0.2) is 0 Å². The molecule has 0 aromatic carbocycles. The first kappa shape index (κ1) is 60.3. The first-order chi connectivity index (χ1) is 31.5. The van der Waals surface area contributed by atoms with E-state index in [9.17, 15) is 14.4 Å². The molecule has 0 aliphatic rings. The fraction of sp³-hybridized carbons (Fsp3) is 0.672. The van der Waals surface area contributed by atoms with E-state index in [-0.39, 0.29) is 31.1 Å². The van der Waals surface area contributed by atoms with Crippen molar-refractivity contribution in [2.75, 3.05) is 13.2 Å². The Morgan fingerprint density at radius 1 is 0.328 bits per heavy atom. The van der Waals surface area contributed by atoms with Gasteiger partial charge in [0.25, 0.3) is 0 Å². The molecule has 0 saturated carbocycles. The van der Waals surface area contributed by atoms with Gasteiger partial charge in [0.15, 0.2) is 6.10 Å². The van der Waals surface area contributed by atoms with Gasteiger partial charge in [0, 0.05) is 19.3 Å². The summed E-state index contributed by atoms with van der Waals surface area (Å²) in [6.45, 7) is 6.42. The van der Waals surface area contributed by atoms with Crippen LogP contribution in [0.4, 0.5) is 0 Å². The van der Waals surface area contributed by atoms with Crippen molar-refractivity contribution in [3.63, 3.8) is 0 Å². The van der Waals surface area contributed by atoms with E-state index >= 15 is 0 Å². The summed E-state index contributed by atoms with van der Waals surface area (Å²) >= 11 is 0. The van der Waals surface area contributed by atoms with E-state index in [2.05, 4.69) is 118 Å². The van der Waals surface area contributed by atoms with Crippen molar-refractivity contribution in [3.8, 4) is 0 Å². The molecule has 1 unspecified atom stereocenters. The van der Waals surface area contributed by atoms with Gasteiger partial charge in [-0.15, -0.1) is 0 Å². The number of ether oxygens (including phenoxy) is 3. The number of carbonyl (C=O) groups is 3. The molecule has 0 fully saturated rings. The maximum Gasteiger partial charge on any atom is 0.306 e. The van der Waals surface area contributed by atoms with Crippen LogP contribution >= 0.6 is 0 Å². The highest BCUT2D eigenvalue weighted by Crippen LogP contribution is 2.13. The molecule has 0 heterocycles. The SMILES string of the molecule is CC/C=C\C/C=C\C/C=C\C/C=C\C/C=C\CCCCCC(=O)OCC(COC(=O)CCCCCCC/C=C\CCCCC)OC(=O)CCCCCCC/C=C\C/C=C\CCCCC. The van der Waals surface area contributed by atoms with Gasteiger partial charge in [-0.05, 0) is 122 Å². The zero-order valence-corrected chi connectivity index (χ0v) is 41.5. The van der Waals surface area contributed by atoms with Crippen LogP contribution in [-0.4, -0.2) is 37.2 Å². The van der Waals surface area contributed by atoms with Crippen molar-refractivity contribution < 1.29 is 28.6 Å². The largest absolute Gasteiger partial charge is 0.462 e. The highest BCUT2D eigenvalue weighted by Gasteiger charge is 2.19. The first-order valence-electron chi connectivity index (χ1n) is 26.2. The zero-order valence-electron chi connectivity index (χ0n) is 41.5. The first-order valence-corrected chi connectivity index (χ1v) is 26.2. The van der Waals surface area contributed by atoms with Gasteiger partial charge in [-0.3, -0.25) is 14.4 Å². The van der Waals surface area contributed by atoms with Gasteiger partial charge in [0.05, 0.1) is 0 Å². The number of carbonyl (C=O) groups excluding carboxylic acids is 3. The summed E-state index contributed by atoms with van der Waals surface area (Å²) in [6.07, 6.45) is 68.1. The molecule has 364 valence electrons. The van der Waals surface area contributed by atoms with Crippen LogP contribution in [0.3, 0.4) is 0 Å². The molecule has 0 spiro atoms. The zero-order chi connectivity index (χ0) is 46.5. The molecule has 6 heteroatoms. The number of rotatable bonds is 46. The standard InChI is InChI=1S/C58H96O6/c1-4-7-10-13-16-19-22-25-27-28-29-30-32-33-36-39-42-45-48-51-57(60)63-54-55(53-62-56(59)50-47-44-41-38-35-24-21-18-15-12-9-6-3)64-58(61)52-49-46-43-40-37-34-31-26-23-20-17-14-11-8-5-2/h7,10,16-21,25-27,29-31,33,36,55H,4-6,8-9,11-15,22-24,28,32,34-35,37-54H2,1-3H3/b10-7-,19-16-,20-17-,21-18-,27-25-,30-29-,31-26-,36-33-. The summed E-state index contributed by atoms with van der Waals surface area (Å²) in [7, 11) is 0. The predicted octanol–water partition coefficient (Wildman–Crippen LogP) is 17.4. The lowest BCUT2D eigenvalue weighted by atomic mass is 10.1. The van der Waals surface area contributed by atoms with Gasteiger partial charge in [0.2, 0.25) is 0 Å². The van der Waals surface area contributed by atoms with Crippen molar-refractivity contribution in [3.05, 3.63) is 97.2 Å². The van der Waals surface area contributed by atoms with Crippen molar-refractivity contribution in [1.29, 1.82) is 0 Å². The van der Waals surface area contributed by atoms with Gasteiger partial charge >= 0.3 is 17.9 Å². The third kappa shape index (κ3) is 49.3. The quantitative estimate of drug-likeness (QED) is 0.0262. The van der Waals surface area contributed by atoms with E-state index in [0.717, 1.165) is 135 Å². The smallest absolute Gasteiger partial charge is 0.306 e. The Labute approximate surface area is 394 Å². The molecule has 0 rings (SSSR count). The molecule has 0 aliphatic carbocycles. The van der Waals surface area contributed by atoms with Crippen molar-refractivity contribution in [2.45, 2.75) is 239 Å². The monoisotopic (exact) mass is 889 g/mol. The van der Waals surface area contributed by atoms with Crippen LogP contribution in [0, 0.1) is 0 Å². The molecular formula is C58H96O6. The Kier molecular flexibility index (Phi) is 49.0. The molecular weight excluding hydrogens is 793 g/mol. The van der Waals surface area contributed by atoms with Gasteiger partial charge in [-0.2, -0.15) is 0 Å². The lowest BCUT2D eigenvalue weighted by Gasteiger charge is -2.18. The topological polar surface area (TPSA) is 78.9 Å². The number of hydrogen-bond donors (Lipinski definition) is 0. The molecule has 6 nitrogen and oxygen atoms in total. The Balaban J connectivity index is 4.48. The Hall–Kier alpha value is -3.67. The van der Waals surface area contributed by atoms with E-state index in [1.807, 2.05) is 0 Å². The molecule has 1 atom stereocenters. The second-order valence-electron chi connectivity index (χ2n) is 17.0. The Morgan fingerprint density at radius 2 is 0.609 bits per heavy atom. The van der Waals surface area contributed by atoms with E-state index in [1.165, 1.54) is 57.8 Å². The maximum atomic E-state index is 12.8. The van der Waals surface area contributed by atoms with Crippen molar-refractivity contribution in [1.82, 2.24) is 0 Å². The van der Waals surface area contributed by atoms with Crippen LogP contribution in [-0.2, 0) is 28.6 Å². The number of esters is 3. The Morgan fingerprint density at radius 3 is 0.984 bits per heavy atom. The summed E-state index contributed by atoms with van der Waals surface area (Å²) in [4.78, 5) is 38.0. The van der Waals surface area contributed by atoms with E-state index in [4.69, 9.17) is 14.2 Å². The fourth-order valence-electron chi connectivity index (χ4n) is 6.84. The fourth-order valence-corrected chi connectivity index (χ4v) is 6.84. The molecule has 0 N–H and O–H groups in total. The lowest BCUT2D eigenvalue weighted by Crippen LogP contribution is -2.30. The third-order valence-electron chi connectivity index (χ3n) is 10.8. The summed E-state index contributed by atoms with van der Waals surface area (Å²) < 4.78 is 16.8. The molecule has 0 aliphatic heterocycles. The highest BCUT2D eigenvalue weighted by molar-refractivity contribution is 5.71. The minimum atomic E-state index is -0.802. The van der Waals surface area contributed by atoms with Crippen LogP contribution in [0.5, 0.6) is 0 Å².